The Bertz CT molecular complexity index is 467. The maximum absolute atomic E-state index is 9.19. The number of nitrogens with zero attached hydrogens (tertiary/aromatic N) is 3. The van der Waals surface area contributed by atoms with E-state index in [-0.39, 0.29) is 6.61 Å². The summed E-state index contributed by atoms with van der Waals surface area (Å²) in [6.45, 7) is 4.48. The minimum Gasteiger partial charge on any atom is -0.395 e. The SMILES string of the molecule is CCn1nccc1CN(CCO)c1ccccc1. The molecule has 0 aliphatic heterocycles. The molecule has 0 atom stereocenters. The molecule has 0 radical (unpaired) electrons. The van der Waals surface area contributed by atoms with Gasteiger partial charge >= 0.3 is 0 Å². The van der Waals surface area contributed by atoms with E-state index in [1.165, 1.54) is 0 Å². The Morgan fingerprint density at radius 3 is 2.67 bits per heavy atom. The molecule has 0 fully saturated rings. The first-order chi connectivity index (χ1) is 8.85. The molecular weight excluding hydrogens is 226 g/mol. The number of benzene rings is 1. The van der Waals surface area contributed by atoms with E-state index in [2.05, 4.69) is 29.1 Å². The van der Waals surface area contributed by atoms with Gasteiger partial charge in [0.2, 0.25) is 0 Å². The fourth-order valence-electron chi connectivity index (χ4n) is 2.03. The molecule has 0 spiro atoms. The molecule has 4 nitrogen and oxygen atoms in total. The molecule has 0 unspecified atom stereocenters. The zero-order valence-corrected chi connectivity index (χ0v) is 10.7. The van der Waals surface area contributed by atoms with Gasteiger partial charge in [0.15, 0.2) is 0 Å². The number of hydrogen-bond donors (Lipinski definition) is 1. The summed E-state index contributed by atoms with van der Waals surface area (Å²) >= 11 is 0. The van der Waals surface area contributed by atoms with Crippen LogP contribution in [-0.2, 0) is 13.1 Å². The maximum Gasteiger partial charge on any atom is 0.0606 e. The summed E-state index contributed by atoms with van der Waals surface area (Å²) < 4.78 is 1.98. The first-order valence-corrected chi connectivity index (χ1v) is 6.26. The van der Waals surface area contributed by atoms with Gasteiger partial charge in [0.1, 0.15) is 0 Å². The van der Waals surface area contributed by atoms with Crippen molar-refractivity contribution in [3.05, 3.63) is 48.3 Å². The Hall–Kier alpha value is -1.81. The second-order valence-corrected chi connectivity index (χ2v) is 4.12. The van der Waals surface area contributed by atoms with E-state index in [4.69, 9.17) is 0 Å². The van der Waals surface area contributed by atoms with Crippen LogP contribution in [0.2, 0.25) is 0 Å². The van der Waals surface area contributed by atoms with Crippen LogP contribution < -0.4 is 4.90 Å². The van der Waals surface area contributed by atoms with Gasteiger partial charge < -0.3 is 10.0 Å². The van der Waals surface area contributed by atoms with Crippen LogP contribution in [0.15, 0.2) is 42.6 Å². The summed E-state index contributed by atoms with van der Waals surface area (Å²) in [6, 6.07) is 12.2. The second-order valence-electron chi connectivity index (χ2n) is 4.12. The molecule has 1 N–H and O–H groups in total. The van der Waals surface area contributed by atoms with Crippen molar-refractivity contribution in [2.45, 2.75) is 20.0 Å². The van der Waals surface area contributed by atoms with Crippen molar-refractivity contribution in [3.63, 3.8) is 0 Å². The van der Waals surface area contributed by atoms with Crippen molar-refractivity contribution in [1.29, 1.82) is 0 Å². The molecule has 4 heteroatoms. The highest BCUT2D eigenvalue weighted by molar-refractivity contribution is 5.46. The number of anilines is 1. The minimum atomic E-state index is 0.148. The van der Waals surface area contributed by atoms with Crippen LogP contribution in [0.4, 0.5) is 5.69 Å². The molecule has 1 aromatic heterocycles. The Labute approximate surface area is 107 Å². The first-order valence-electron chi connectivity index (χ1n) is 6.26. The van der Waals surface area contributed by atoms with Crippen molar-refractivity contribution in [2.24, 2.45) is 0 Å². The molecule has 0 aliphatic carbocycles. The maximum atomic E-state index is 9.19. The number of rotatable bonds is 6. The van der Waals surface area contributed by atoms with E-state index < -0.39 is 0 Å². The van der Waals surface area contributed by atoms with E-state index in [1.807, 2.05) is 35.1 Å². The van der Waals surface area contributed by atoms with Crippen LogP contribution in [0.1, 0.15) is 12.6 Å². The van der Waals surface area contributed by atoms with Crippen LogP contribution in [0, 0.1) is 0 Å². The van der Waals surface area contributed by atoms with Crippen LogP contribution >= 0.6 is 0 Å². The van der Waals surface area contributed by atoms with Crippen molar-refractivity contribution in [2.75, 3.05) is 18.1 Å². The van der Waals surface area contributed by atoms with Gasteiger partial charge in [0.25, 0.3) is 0 Å². The smallest absolute Gasteiger partial charge is 0.0606 e. The zero-order chi connectivity index (χ0) is 12.8. The fourth-order valence-corrected chi connectivity index (χ4v) is 2.03. The third kappa shape index (κ3) is 2.90. The van der Waals surface area contributed by atoms with E-state index in [9.17, 15) is 5.11 Å². The molecule has 0 amide bonds. The van der Waals surface area contributed by atoms with Gasteiger partial charge in [-0.2, -0.15) is 5.10 Å². The quantitative estimate of drug-likeness (QED) is 0.845. The van der Waals surface area contributed by atoms with Crippen molar-refractivity contribution in [1.82, 2.24) is 9.78 Å². The predicted molar refractivity (Wildman–Crippen MR) is 72.5 cm³/mol. The van der Waals surface area contributed by atoms with Gasteiger partial charge in [-0.05, 0) is 25.1 Å². The minimum absolute atomic E-state index is 0.148. The average Bonchev–Trinajstić information content (AvgIpc) is 2.86. The topological polar surface area (TPSA) is 41.3 Å². The van der Waals surface area contributed by atoms with Crippen LogP contribution in [0.3, 0.4) is 0 Å². The van der Waals surface area contributed by atoms with Crippen molar-refractivity contribution < 1.29 is 5.11 Å². The lowest BCUT2D eigenvalue weighted by Crippen LogP contribution is -2.27. The van der Waals surface area contributed by atoms with Gasteiger partial charge in [-0.15, -0.1) is 0 Å². The summed E-state index contributed by atoms with van der Waals surface area (Å²) in [5, 5.41) is 13.5. The average molecular weight is 245 g/mol. The normalized spacial score (nSPS) is 10.6. The summed E-state index contributed by atoms with van der Waals surface area (Å²) in [5.74, 6) is 0. The molecule has 0 saturated heterocycles. The van der Waals surface area contributed by atoms with Crippen LogP contribution in [0.5, 0.6) is 0 Å². The summed E-state index contributed by atoms with van der Waals surface area (Å²) in [7, 11) is 0. The molecule has 2 aromatic rings. The number of hydrogen-bond acceptors (Lipinski definition) is 3. The number of aliphatic hydroxyl groups is 1. The molecule has 0 aliphatic rings. The Kier molecular flexibility index (Phi) is 4.36. The molecule has 1 aromatic carbocycles. The lowest BCUT2D eigenvalue weighted by Gasteiger charge is -2.24. The van der Waals surface area contributed by atoms with Crippen LogP contribution in [0.25, 0.3) is 0 Å². The zero-order valence-electron chi connectivity index (χ0n) is 10.7. The van der Waals surface area contributed by atoms with E-state index >= 15 is 0 Å². The second kappa shape index (κ2) is 6.21. The van der Waals surface area contributed by atoms with Crippen LogP contribution in [-0.4, -0.2) is 28.0 Å². The van der Waals surface area contributed by atoms with E-state index in [0.29, 0.717) is 6.54 Å². The lowest BCUT2D eigenvalue weighted by molar-refractivity contribution is 0.301. The summed E-state index contributed by atoms with van der Waals surface area (Å²) in [6.07, 6.45) is 1.82. The fraction of sp³-hybridized carbons (Fsp3) is 0.357. The number of aromatic nitrogens is 2. The number of aryl methyl sites for hydroxylation is 1. The van der Waals surface area contributed by atoms with Gasteiger partial charge in [0.05, 0.1) is 18.8 Å². The third-order valence-corrected chi connectivity index (χ3v) is 2.95. The van der Waals surface area contributed by atoms with Crippen molar-refractivity contribution in [3.8, 4) is 0 Å². The number of aliphatic hydroxyl groups excluding tert-OH is 1. The molecule has 2 rings (SSSR count). The largest absolute Gasteiger partial charge is 0.395 e. The standard InChI is InChI=1S/C14H19N3O/c1-2-17-14(8-9-15-17)12-16(10-11-18)13-6-4-3-5-7-13/h3-9,18H,2,10-12H2,1H3. The van der Waals surface area contributed by atoms with E-state index in [1.54, 1.807) is 0 Å². The van der Waals surface area contributed by atoms with Crippen molar-refractivity contribution >= 4 is 5.69 Å². The highest BCUT2D eigenvalue weighted by Crippen LogP contribution is 2.16. The summed E-state index contributed by atoms with van der Waals surface area (Å²) in [5.41, 5.74) is 2.28. The van der Waals surface area contributed by atoms with Gasteiger partial charge in [-0.25, -0.2) is 0 Å². The first kappa shape index (κ1) is 12.6. The Morgan fingerprint density at radius 1 is 1.22 bits per heavy atom. The van der Waals surface area contributed by atoms with Gasteiger partial charge in [-0.3, -0.25) is 4.68 Å². The Morgan fingerprint density at radius 2 is 2.00 bits per heavy atom. The molecule has 0 bridgehead atoms. The van der Waals surface area contributed by atoms with Gasteiger partial charge in [-0.1, -0.05) is 18.2 Å². The molecule has 1 heterocycles. The molecule has 0 saturated carbocycles. The van der Waals surface area contributed by atoms with Gasteiger partial charge in [0, 0.05) is 25.0 Å². The highest BCUT2D eigenvalue weighted by Gasteiger charge is 2.09. The predicted octanol–water partition coefficient (Wildman–Crippen LogP) is 1.90. The lowest BCUT2D eigenvalue weighted by atomic mass is 10.2. The third-order valence-electron chi connectivity index (χ3n) is 2.95. The van der Waals surface area contributed by atoms with E-state index in [0.717, 1.165) is 24.5 Å². The molecule has 96 valence electrons. The monoisotopic (exact) mass is 245 g/mol. The highest BCUT2D eigenvalue weighted by atomic mass is 16.3. The molecular formula is C14H19N3O. The summed E-state index contributed by atoms with van der Waals surface area (Å²) in [4.78, 5) is 2.16. The Balaban J connectivity index is 2.16. The molecule has 18 heavy (non-hydrogen) atoms. The number of para-hydroxylation sites is 1.